The highest BCUT2D eigenvalue weighted by molar-refractivity contribution is 7.17. The summed E-state index contributed by atoms with van der Waals surface area (Å²) in [5.41, 5.74) is 1.02. The Morgan fingerprint density at radius 3 is 2.88 bits per heavy atom. The Kier molecular flexibility index (Phi) is 4.24. The predicted octanol–water partition coefficient (Wildman–Crippen LogP) is 2.64. The maximum Gasteiger partial charge on any atom is 0.261 e. The quantitative estimate of drug-likeness (QED) is 0.927. The summed E-state index contributed by atoms with van der Waals surface area (Å²) >= 11 is 1.51. The van der Waals surface area contributed by atoms with Gasteiger partial charge in [0.15, 0.2) is 0 Å². The Balaban J connectivity index is 1.47. The minimum Gasteiger partial charge on any atom is -0.481 e. The molecule has 5 heterocycles. The number of carbonyl (C=O) groups is 1. The third kappa shape index (κ3) is 3.03. The van der Waals surface area contributed by atoms with Gasteiger partial charge in [0.2, 0.25) is 5.88 Å². The van der Waals surface area contributed by atoms with Crippen LogP contribution in [0.4, 0.5) is 0 Å². The molecule has 3 aliphatic rings. The van der Waals surface area contributed by atoms with Crippen LogP contribution in [0.25, 0.3) is 10.4 Å². The van der Waals surface area contributed by atoms with E-state index in [1.807, 2.05) is 24.3 Å². The van der Waals surface area contributed by atoms with Gasteiger partial charge in [-0.1, -0.05) is 0 Å². The molecule has 3 fully saturated rings. The van der Waals surface area contributed by atoms with Gasteiger partial charge in [0.1, 0.15) is 0 Å². The minimum absolute atomic E-state index is 0.0472. The molecular weight excluding hydrogens is 322 g/mol. The highest BCUT2D eigenvalue weighted by atomic mass is 32.1. The molecular formula is C18H21N3O2S. The average Bonchev–Trinajstić information content (AvgIpc) is 3.13. The number of hydrogen-bond donors (Lipinski definition) is 1. The van der Waals surface area contributed by atoms with Crippen LogP contribution in [0.5, 0.6) is 5.88 Å². The fraction of sp³-hybridized carbons (Fsp3) is 0.444. The number of rotatable bonds is 4. The van der Waals surface area contributed by atoms with Gasteiger partial charge in [0.05, 0.1) is 12.0 Å². The number of amides is 1. The van der Waals surface area contributed by atoms with Crippen molar-refractivity contribution in [3.8, 4) is 16.3 Å². The highest BCUT2D eigenvalue weighted by Crippen LogP contribution is 2.31. The SMILES string of the molecule is COc1cc(-c2ccc(C(=O)N[C@H]3CN4CCC3CC4)s2)ccn1. The van der Waals surface area contributed by atoms with Gasteiger partial charge in [0.25, 0.3) is 5.91 Å². The number of fused-ring (bicyclic) bond motifs is 3. The second kappa shape index (κ2) is 6.53. The Morgan fingerprint density at radius 1 is 1.33 bits per heavy atom. The van der Waals surface area contributed by atoms with E-state index in [1.165, 1.54) is 37.3 Å². The molecule has 0 saturated carbocycles. The Bertz CT molecular complexity index is 737. The summed E-state index contributed by atoms with van der Waals surface area (Å²) in [6.45, 7) is 3.37. The van der Waals surface area contributed by atoms with Gasteiger partial charge in [-0.2, -0.15) is 0 Å². The van der Waals surface area contributed by atoms with Gasteiger partial charge in [-0.3, -0.25) is 4.79 Å². The topological polar surface area (TPSA) is 54.5 Å². The molecule has 0 radical (unpaired) electrons. The van der Waals surface area contributed by atoms with Crippen LogP contribution in [0.3, 0.4) is 0 Å². The molecule has 0 spiro atoms. The molecule has 5 nitrogen and oxygen atoms in total. The number of hydrogen-bond acceptors (Lipinski definition) is 5. The van der Waals surface area contributed by atoms with Crippen LogP contribution < -0.4 is 10.1 Å². The van der Waals surface area contributed by atoms with E-state index in [2.05, 4.69) is 15.2 Å². The van der Waals surface area contributed by atoms with E-state index in [9.17, 15) is 4.79 Å². The number of ether oxygens (including phenoxy) is 1. The van der Waals surface area contributed by atoms with E-state index in [0.29, 0.717) is 17.8 Å². The van der Waals surface area contributed by atoms with Gasteiger partial charge in [-0.15, -0.1) is 11.3 Å². The molecule has 1 amide bonds. The Morgan fingerprint density at radius 2 is 2.17 bits per heavy atom. The summed E-state index contributed by atoms with van der Waals surface area (Å²) in [6.07, 6.45) is 4.13. The van der Waals surface area contributed by atoms with Crippen molar-refractivity contribution >= 4 is 17.2 Å². The molecule has 2 aromatic rings. The first kappa shape index (κ1) is 15.6. The van der Waals surface area contributed by atoms with Crippen molar-refractivity contribution in [1.29, 1.82) is 0 Å². The summed E-state index contributed by atoms with van der Waals surface area (Å²) < 4.78 is 5.17. The van der Waals surface area contributed by atoms with Crippen LogP contribution in [-0.4, -0.2) is 48.6 Å². The number of pyridine rings is 1. The van der Waals surface area contributed by atoms with Gasteiger partial charge >= 0.3 is 0 Å². The van der Waals surface area contributed by atoms with Gasteiger partial charge in [-0.25, -0.2) is 4.98 Å². The van der Waals surface area contributed by atoms with E-state index >= 15 is 0 Å². The third-order valence-corrected chi connectivity index (χ3v) is 6.16. The molecule has 5 rings (SSSR count). The molecule has 6 heteroatoms. The maximum absolute atomic E-state index is 12.6. The summed E-state index contributed by atoms with van der Waals surface area (Å²) in [7, 11) is 1.60. The second-order valence-corrected chi connectivity index (χ2v) is 7.55. The van der Waals surface area contributed by atoms with Crippen LogP contribution >= 0.6 is 11.3 Å². The molecule has 3 aliphatic heterocycles. The van der Waals surface area contributed by atoms with Crippen LogP contribution in [0.15, 0.2) is 30.5 Å². The standard InChI is InChI=1S/C18H21N3O2S/c1-23-17-10-13(4-7-19-17)15-2-3-16(24-15)18(22)20-14-11-21-8-5-12(14)6-9-21/h2-4,7,10,12,14H,5-6,8-9,11H2,1H3,(H,20,22)/t14-/m0/s1. The molecule has 24 heavy (non-hydrogen) atoms. The van der Waals surface area contributed by atoms with E-state index in [1.54, 1.807) is 13.3 Å². The first-order valence-corrected chi connectivity index (χ1v) is 9.18. The number of carbonyl (C=O) groups excluding carboxylic acids is 1. The zero-order valence-electron chi connectivity index (χ0n) is 13.7. The van der Waals surface area contributed by atoms with Crippen molar-refractivity contribution < 1.29 is 9.53 Å². The van der Waals surface area contributed by atoms with Crippen LogP contribution in [0, 0.1) is 5.92 Å². The number of nitrogens with one attached hydrogen (secondary N) is 1. The zero-order valence-corrected chi connectivity index (χ0v) is 14.5. The van der Waals surface area contributed by atoms with Crippen molar-refractivity contribution in [2.75, 3.05) is 26.7 Å². The van der Waals surface area contributed by atoms with Crippen LogP contribution in [0.2, 0.25) is 0 Å². The highest BCUT2D eigenvalue weighted by Gasteiger charge is 2.35. The number of methoxy groups -OCH3 is 1. The lowest BCUT2D eigenvalue weighted by Crippen LogP contribution is -2.57. The largest absolute Gasteiger partial charge is 0.481 e. The lowest BCUT2D eigenvalue weighted by Gasteiger charge is -2.44. The predicted molar refractivity (Wildman–Crippen MR) is 94.5 cm³/mol. The number of thiophene rings is 1. The van der Waals surface area contributed by atoms with E-state index < -0.39 is 0 Å². The van der Waals surface area contributed by atoms with Crippen molar-refractivity contribution in [2.24, 2.45) is 5.92 Å². The van der Waals surface area contributed by atoms with Crippen molar-refractivity contribution in [3.05, 3.63) is 35.3 Å². The monoisotopic (exact) mass is 343 g/mol. The van der Waals surface area contributed by atoms with E-state index in [4.69, 9.17) is 4.74 Å². The first-order chi connectivity index (χ1) is 11.7. The van der Waals surface area contributed by atoms with Gasteiger partial charge in [-0.05, 0) is 55.6 Å². The fourth-order valence-corrected chi connectivity index (χ4v) is 4.56. The zero-order chi connectivity index (χ0) is 16.5. The van der Waals surface area contributed by atoms with Crippen LogP contribution in [0.1, 0.15) is 22.5 Å². The van der Waals surface area contributed by atoms with Gasteiger partial charge in [0, 0.05) is 29.7 Å². The minimum atomic E-state index is 0.0472. The first-order valence-electron chi connectivity index (χ1n) is 8.36. The smallest absolute Gasteiger partial charge is 0.261 e. The van der Waals surface area contributed by atoms with Gasteiger partial charge < -0.3 is 15.0 Å². The number of aromatic nitrogens is 1. The van der Waals surface area contributed by atoms with Crippen molar-refractivity contribution in [2.45, 2.75) is 18.9 Å². The lowest BCUT2D eigenvalue weighted by atomic mass is 9.84. The van der Waals surface area contributed by atoms with E-state index in [0.717, 1.165) is 21.9 Å². The molecule has 2 bridgehead atoms. The molecule has 1 N–H and O–H groups in total. The third-order valence-electron chi connectivity index (χ3n) is 5.03. The number of piperidine rings is 3. The second-order valence-electron chi connectivity index (χ2n) is 6.47. The molecule has 0 aromatic carbocycles. The molecule has 1 atom stereocenters. The molecule has 126 valence electrons. The van der Waals surface area contributed by atoms with Crippen molar-refractivity contribution in [1.82, 2.24) is 15.2 Å². The summed E-state index contributed by atoms with van der Waals surface area (Å²) in [5, 5.41) is 3.25. The average molecular weight is 343 g/mol. The maximum atomic E-state index is 12.6. The Labute approximate surface area is 145 Å². The molecule has 3 saturated heterocycles. The number of nitrogens with zero attached hydrogens (tertiary/aromatic N) is 2. The fourth-order valence-electron chi connectivity index (χ4n) is 3.66. The Hall–Kier alpha value is -1.92. The summed E-state index contributed by atoms with van der Waals surface area (Å²) in [6, 6.07) is 8.02. The van der Waals surface area contributed by atoms with Crippen molar-refractivity contribution in [3.63, 3.8) is 0 Å². The molecule has 2 aromatic heterocycles. The molecule has 0 aliphatic carbocycles. The normalized spacial score (nSPS) is 25.5. The van der Waals surface area contributed by atoms with Crippen LogP contribution in [-0.2, 0) is 0 Å². The molecule has 0 unspecified atom stereocenters. The van der Waals surface area contributed by atoms with E-state index in [-0.39, 0.29) is 5.91 Å². The lowest BCUT2D eigenvalue weighted by molar-refractivity contribution is 0.0622. The summed E-state index contributed by atoms with van der Waals surface area (Å²) in [4.78, 5) is 21.0. The summed E-state index contributed by atoms with van der Waals surface area (Å²) in [5.74, 6) is 1.27.